The van der Waals surface area contributed by atoms with Crippen LogP contribution in [0.15, 0.2) is 54.9 Å². The molecule has 13 nitrogen and oxygen atoms in total. The van der Waals surface area contributed by atoms with Crippen LogP contribution in [0, 0.1) is 0 Å². The van der Waals surface area contributed by atoms with Gasteiger partial charge in [-0.05, 0) is 87.5 Å². The zero-order chi connectivity index (χ0) is 35.1. The zero-order valence-corrected chi connectivity index (χ0v) is 28.7. The van der Waals surface area contributed by atoms with E-state index in [2.05, 4.69) is 48.5 Å². The van der Waals surface area contributed by atoms with E-state index in [0.717, 1.165) is 66.7 Å². The van der Waals surface area contributed by atoms with Gasteiger partial charge in [0.1, 0.15) is 17.7 Å². The molecule has 8 rings (SSSR count). The summed E-state index contributed by atoms with van der Waals surface area (Å²) < 4.78 is 6.29. The first kappa shape index (κ1) is 33.0. The third-order valence-electron chi connectivity index (χ3n) is 10.8. The molecule has 0 spiro atoms. The van der Waals surface area contributed by atoms with Gasteiger partial charge in [-0.3, -0.25) is 29.4 Å². The summed E-state index contributed by atoms with van der Waals surface area (Å²) in [6.07, 6.45) is 8.79. The highest BCUT2D eigenvalue weighted by Crippen LogP contribution is 2.33. The van der Waals surface area contributed by atoms with Crippen LogP contribution in [0.25, 0.3) is 10.9 Å². The van der Waals surface area contributed by atoms with Crippen LogP contribution < -0.4 is 15.5 Å². The number of nitrogens with zero attached hydrogens (tertiary/aromatic N) is 5. The monoisotopic (exact) mass is 690 g/mol. The van der Waals surface area contributed by atoms with Crippen molar-refractivity contribution in [2.45, 2.75) is 69.7 Å². The van der Waals surface area contributed by atoms with Gasteiger partial charge in [0.25, 0.3) is 11.8 Å². The summed E-state index contributed by atoms with van der Waals surface area (Å²) in [5.41, 5.74) is 5.21. The minimum Gasteiger partial charge on any atom is -0.378 e. The summed E-state index contributed by atoms with van der Waals surface area (Å²) >= 11 is 0. The third kappa shape index (κ3) is 6.71. The first-order valence-electron chi connectivity index (χ1n) is 17.9. The molecule has 51 heavy (non-hydrogen) atoms. The van der Waals surface area contributed by atoms with Crippen LogP contribution in [0.4, 0.5) is 11.6 Å². The Morgan fingerprint density at radius 3 is 2.61 bits per heavy atom. The summed E-state index contributed by atoms with van der Waals surface area (Å²) in [6, 6.07) is 13.2. The van der Waals surface area contributed by atoms with Gasteiger partial charge in [0.15, 0.2) is 0 Å². The topological polar surface area (TPSA) is 153 Å². The van der Waals surface area contributed by atoms with E-state index in [9.17, 15) is 19.2 Å². The first-order valence-corrected chi connectivity index (χ1v) is 17.9. The Bertz CT molecular complexity index is 1990. The van der Waals surface area contributed by atoms with E-state index in [-0.39, 0.29) is 30.2 Å². The summed E-state index contributed by atoms with van der Waals surface area (Å²) in [5.74, 6) is 0.202. The molecule has 4 aromatic rings. The first-order chi connectivity index (χ1) is 24.8. The molecule has 7 heterocycles. The standard InChI is InChI=1S/C38H42N8O5/c1-44-14-3-6-31(44)30-18-25-21-39-33(19-29(25)41-30)42-36(48)24-7-9-34(40-20-24)45-15-11-26(12-16-45)51-17-13-23-4-2-5-27-28(23)22-46(38(27)50)32-8-10-35(47)43-37(32)49/h2,4-5,7,9,18-21,26,31-32,41H,3,6,8,10-17,22H2,1H3,(H,39,42,48)(H,43,47,49)/t31-,32?/m1/s1. The van der Waals surface area contributed by atoms with Gasteiger partial charge in [-0.15, -0.1) is 0 Å². The van der Waals surface area contributed by atoms with Crippen molar-refractivity contribution in [3.8, 4) is 0 Å². The lowest BCUT2D eigenvalue weighted by atomic mass is 10.0. The zero-order valence-electron chi connectivity index (χ0n) is 28.7. The molecule has 264 valence electrons. The SMILES string of the molecule is CN1CCC[C@@H]1c1cc2cnc(NC(=O)c3ccc(N4CCC(OCCc5cccc6c5CN(C5CCC(=O)NC5=O)C6=O)CC4)nc3)cc2[nH]1. The van der Waals surface area contributed by atoms with Crippen LogP contribution in [-0.2, 0) is 27.3 Å². The van der Waals surface area contributed by atoms with Crippen molar-refractivity contribution in [1.29, 1.82) is 0 Å². The fourth-order valence-corrected chi connectivity index (χ4v) is 7.97. The van der Waals surface area contributed by atoms with Gasteiger partial charge in [0.2, 0.25) is 11.8 Å². The Kier molecular flexibility index (Phi) is 8.99. The minimum absolute atomic E-state index is 0.115. The number of hydrogen-bond donors (Lipinski definition) is 3. The minimum atomic E-state index is -0.625. The van der Waals surface area contributed by atoms with Gasteiger partial charge in [0, 0.05) is 67.2 Å². The number of rotatable bonds is 9. The number of likely N-dealkylation sites (tertiary alicyclic amines) is 1. The van der Waals surface area contributed by atoms with E-state index in [0.29, 0.717) is 49.0 Å². The molecular weight excluding hydrogens is 648 g/mol. The number of hydrogen-bond acceptors (Lipinski definition) is 9. The number of nitrogens with one attached hydrogen (secondary N) is 3. The van der Waals surface area contributed by atoms with E-state index in [1.807, 2.05) is 30.3 Å². The van der Waals surface area contributed by atoms with Crippen LogP contribution in [0.3, 0.4) is 0 Å². The molecule has 4 aliphatic heterocycles. The lowest BCUT2D eigenvalue weighted by Crippen LogP contribution is -2.52. The number of amides is 4. The van der Waals surface area contributed by atoms with E-state index >= 15 is 0 Å². The van der Waals surface area contributed by atoms with Crippen molar-refractivity contribution in [3.63, 3.8) is 0 Å². The molecule has 0 saturated carbocycles. The Labute approximate surface area is 295 Å². The van der Waals surface area contributed by atoms with Crippen LogP contribution in [0.1, 0.15) is 82.1 Å². The number of ether oxygens (including phenoxy) is 1. The number of aromatic amines is 1. The van der Waals surface area contributed by atoms with Crippen LogP contribution in [0.2, 0.25) is 0 Å². The van der Waals surface area contributed by atoms with Gasteiger partial charge in [-0.1, -0.05) is 12.1 Å². The van der Waals surface area contributed by atoms with Crippen LogP contribution in [0.5, 0.6) is 0 Å². The molecule has 1 unspecified atom stereocenters. The molecule has 0 aliphatic carbocycles. The average Bonchev–Trinajstić information content (AvgIpc) is 3.85. The Balaban J connectivity index is 0.808. The number of carbonyl (C=O) groups is 4. The van der Waals surface area contributed by atoms with Gasteiger partial charge in [0.05, 0.1) is 23.8 Å². The highest BCUT2D eigenvalue weighted by atomic mass is 16.5. The summed E-state index contributed by atoms with van der Waals surface area (Å²) in [5, 5.41) is 6.30. The summed E-state index contributed by atoms with van der Waals surface area (Å²) in [7, 11) is 2.15. The Hall–Kier alpha value is -5.14. The number of pyridine rings is 2. The van der Waals surface area contributed by atoms with E-state index in [4.69, 9.17) is 4.74 Å². The van der Waals surface area contributed by atoms with Crippen molar-refractivity contribution in [1.82, 2.24) is 30.1 Å². The van der Waals surface area contributed by atoms with E-state index < -0.39 is 11.9 Å². The molecule has 3 aromatic heterocycles. The van der Waals surface area contributed by atoms with Crippen molar-refractivity contribution >= 4 is 46.2 Å². The number of anilines is 2. The van der Waals surface area contributed by atoms with Crippen molar-refractivity contribution < 1.29 is 23.9 Å². The second-order valence-corrected chi connectivity index (χ2v) is 14.0. The average molecular weight is 691 g/mol. The highest BCUT2D eigenvalue weighted by Gasteiger charge is 2.39. The van der Waals surface area contributed by atoms with Crippen LogP contribution >= 0.6 is 0 Å². The maximum absolute atomic E-state index is 13.1. The third-order valence-corrected chi connectivity index (χ3v) is 10.8. The maximum atomic E-state index is 13.1. The quantitative estimate of drug-likeness (QED) is 0.222. The largest absolute Gasteiger partial charge is 0.378 e. The lowest BCUT2D eigenvalue weighted by Gasteiger charge is -2.32. The molecule has 13 heteroatoms. The molecule has 0 bridgehead atoms. The molecule has 3 N–H and O–H groups in total. The highest BCUT2D eigenvalue weighted by molar-refractivity contribution is 6.06. The molecule has 1 aromatic carbocycles. The molecule has 3 fully saturated rings. The van der Waals surface area contributed by atoms with Gasteiger partial charge in [-0.2, -0.15) is 0 Å². The fourth-order valence-electron chi connectivity index (χ4n) is 7.97. The van der Waals surface area contributed by atoms with Crippen molar-refractivity contribution in [2.24, 2.45) is 0 Å². The number of aromatic nitrogens is 3. The molecule has 2 atom stereocenters. The molecular formula is C38H42N8O5. The summed E-state index contributed by atoms with van der Waals surface area (Å²) in [6.45, 7) is 3.57. The fraction of sp³-hybridized carbons (Fsp3) is 0.421. The number of piperidine rings is 2. The second kappa shape index (κ2) is 13.9. The number of benzene rings is 1. The van der Waals surface area contributed by atoms with Gasteiger partial charge in [-0.25, -0.2) is 9.97 Å². The van der Waals surface area contributed by atoms with Crippen LogP contribution in [-0.4, -0.2) is 93.8 Å². The van der Waals surface area contributed by atoms with E-state index in [1.165, 1.54) is 12.1 Å². The maximum Gasteiger partial charge on any atom is 0.258 e. The van der Waals surface area contributed by atoms with Gasteiger partial charge < -0.3 is 24.8 Å². The predicted molar refractivity (Wildman–Crippen MR) is 190 cm³/mol. The summed E-state index contributed by atoms with van der Waals surface area (Å²) in [4.78, 5) is 69.0. The number of fused-ring (bicyclic) bond motifs is 2. The van der Waals surface area contributed by atoms with Crippen molar-refractivity contribution in [2.75, 3.05) is 43.5 Å². The molecule has 3 saturated heterocycles. The molecule has 4 aliphatic rings. The number of H-pyrrole nitrogens is 1. The number of imide groups is 1. The van der Waals surface area contributed by atoms with E-state index in [1.54, 1.807) is 23.4 Å². The smallest absolute Gasteiger partial charge is 0.258 e. The lowest BCUT2D eigenvalue weighted by molar-refractivity contribution is -0.136. The Morgan fingerprint density at radius 1 is 0.980 bits per heavy atom. The van der Waals surface area contributed by atoms with Gasteiger partial charge >= 0.3 is 0 Å². The molecule has 0 radical (unpaired) electrons. The number of carbonyl (C=O) groups excluding carboxylic acids is 4. The predicted octanol–water partition coefficient (Wildman–Crippen LogP) is 3.97. The Morgan fingerprint density at radius 2 is 1.84 bits per heavy atom. The normalized spacial score (nSPS) is 21.4. The van der Waals surface area contributed by atoms with Crippen molar-refractivity contribution in [3.05, 3.63) is 82.8 Å². The molecule has 4 amide bonds. The second-order valence-electron chi connectivity index (χ2n) is 14.0.